The van der Waals surface area contributed by atoms with Crippen LogP contribution in [0.3, 0.4) is 0 Å². The van der Waals surface area contributed by atoms with Crippen LogP contribution in [-0.4, -0.2) is 29.5 Å². The van der Waals surface area contributed by atoms with Crippen LogP contribution < -0.4 is 0 Å². The molecule has 1 unspecified atom stereocenters. The molecular weight excluding hydrogens is 122 g/mol. The van der Waals surface area contributed by atoms with E-state index in [2.05, 4.69) is 0 Å². The van der Waals surface area contributed by atoms with Gasteiger partial charge in [-0.15, -0.1) is 0 Å². The van der Waals surface area contributed by atoms with Gasteiger partial charge >= 0.3 is 0 Å². The summed E-state index contributed by atoms with van der Waals surface area (Å²) in [5.74, 6) is 0. The largest absolute Gasteiger partial charge is 0.383 e. The zero-order valence-corrected chi connectivity index (χ0v) is 6.23. The van der Waals surface area contributed by atoms with Crippen molar-refractivity contribution in [2.45, 2.75) is 0 Å². The minimum Gasteiger partial charge on any atom is -0.383 e. The van der Waals surface area contributed by atoms with E-state index < -0.39 is 10.8 Å². The summed E-state index contributed by atoms with van der Waals surface area (Å²) in [6, 6.07) is 0. The third kappa shape index (κ3) is 5.69. The maximum atomic E-state index is 10.3. The topological polar surface area (TPSA) is 20.3 Å². The van der Waals surface area contributed by atoms with E-state index in [0.29, 0.717) is 0 Å². The minimum absolute atomic E-state index is 0.808. The summed E-state index contributed by atoms with van der Waals surface area (Å²) in [4.78, 5) is 1.85. The van der Waals surface area contributed by atoms with Crippen molar-refractivity contribution in [2.24, 2.45) is 0 Å². The molecule has 0 aliphatic rings. The first-order chi connectivity index (χ1) is 3.63. The van der Waals surface area contributed by atoms with Crippen LogP contribution in [0.1, 0.15) is 0 Å². The van der Waals surface area contributed by atoms with Crippen LogP contribution in [-0.2, 0) is 10.8 Å². The van der Waals surface area contributed by atoms with Gasteiger partial charge in [0, 0.05) is 42.8 Å². The second kappa shape index (κ2) is 3.66. The molecule has 3 heteroatoms. The fraction of sp³-hybridized carbons (Fsp3) is 0.600. The summed E-state index contributed by atoms with van der Waals surface area (Å²) >= 11 is 0. The van der Waals surface area contributed by atoms with Gasteiger partial charge in [0.05, 0.1) is 0 Å². The lowest BCUT2D eigenvalue weighted by molar-refractivity contribution is 0.564. The van der Waals surface area contributed by atoms with Crippen molar-refractivity contribution in [3.63, 3.8) is 0 Å². The van der Waals surface area contributed by atoms with Gasteiger partial charge in [-0.3, -0.25) is 4.21 Å². The Bertz CT molecular complexity index is 109. The Hall–Kier alpha value is -0.310. The molecule has 0 aromatic heterocycles. The first-order valence-electron chi connectivity index (χ1n) is 2.30. The van der Waals surface area contributed by atoms with Crippen molar-refractivity contribution in [1.29, 1.82) is 0 Å². The van der Waals surface area contributed by atoms with Crippen LogP contribution >= 0.6 is 0 Å². The van der Waals surface area contributed by atoms with Crippen LogP contribution in [0.15, 0.2) is 11.6 Å². The fourth-order valence-corrected chi connectivity index (χ4v) is 0.622. The van der Waals surface area contributed by atoms with Crippen molar-refractivity contribution in [3.8, 4) is 0 Å². The molecule has 1 atom stereocenters. The van der Waals surface area contributed by atoms with Gasteiger partial charge in [0.1, 0.15) is 0 Å². The van der Waals surface area contributed by atoms with Gasteiger partial charge in [0.2, 0.25) is 0 Å². The Balaban J connectivity index is 3.50. The Morgan fingerprint density at radius 1 is 1.50 bits per heavy atom. The predicted octanol–water partition coefficient (Wildman–Crippen LogP) is 0.398. The molecule has 48 valence electrons. The molecular formula is C5H11NOS. The third-order valence-corrected chi connectivity index (χ3v) is 1.06. The number of hydrogen-bond donors (Lipinski definition) is 0. The van der Waals surface area contributed by atoms with Crippen LogP contribution in [0, 0.1) is 0 Å². The molecule has 0 rings (SSSR count). The molecule has 0 aliphatic heterocycles. The van der Waals surface area contributed by atoms with E-state index in [1.807, 2.05) is 19.0 Å². The Morgan fingerprint density at radius 2 is 2.00 bits per heavy atom. The van der Waals surface area contributed by atoms with Gasteiger partial charge in [0.25, 0.3) is 0 Å². The summed E-state index contributed by atoms with van der Waals surface area (Å²) in [6.45, 7) is 0. The average molecular weight is 133 g/mol. The van der Waals surface area contributed by atoms with Crippen LogP contribution in [0.5, 0.6) is 0 Å². The molecule has 0 bridgehead atoms. The lowest BCUT2D eigenvalue weighted by atomic mass is 10.9. The molecule has 0 radical (unpaired) electrons. The zero-order chi connectivity index (χ0) is 6.57. The number of nitrogens with zero attached hydrogens (tertiary/aromatic N) is 1. The molecule has 0 aromatic rings. The first kappa shape index (κ1) is 7.69. The van der Waals surface area contributed by atoms with E-state index >= 15 is 0 Å². The lowest BCUT2D eigenvalue weighted by Gasteiger charge is -2.00. The van der Waals surface area contributed by atoms with Gasteiger partial charge < -0.3 is 4.90 Å². The van der Waals surface area contributed by atoms with Gasteiger partial charge in [-0.2, -0.15) is 0 Å². The molecule has 0 amide bonds. The summed E-state index contributed by atoms with van der Waals surface area (Å²) in [5, 5.41) is 1.64. The normalized spacial score (nSPS) is 14.4. The van der Waals surface area contributed by atoms with E-state index in [4.69, 9.17) is 0 Å². The molecule has 0 heterocycles. The highest BCUT2D eigenvalue weighted by atomic mass is 32.2. The molecule has 2 nitrogen and oxygen atoms in total. The average Bonchev–Trinajstić information content (AvgIpc) is 1.61. The van der Waals surface area contributed by atoms with E-state index in [1.165, 1.54) is 0 Å². The van der Waals surface area contributed by atoms with Gasteiger partial charge in [-0.25, -0.2) is 0 Å². The maximum absolute atomic E-state index is 10.3. The lowest BCUT2D eigenvalue weighted by Crippen LogP contribution is -2.00. The molecule has 0 fully saturated rings. The molecule has 0 saturated carbocycles. The SMILES string of the molecule is CN(C)/C=C/S(C)=O. The first-order valence-corrected chi connectivity index (χ1v) is 3.92. The predicted molar refractivity (Wildman–Crippen MR) is 36.9 cm³/mol. The third-order valence-electron chi connectivity index (χ3n) is 0.551. The van der Waals surface area contributed by atoms with Crippen molar-refractivity contribution in [1.82, 2.24) is 4.90 Å². The van der Waals surface area contributed by atoms with Gasteiger partial charge in [-0.05, 0) is 0 Å². The summed E-state index contributed by atoms with van der Waals surface area (Å²) < 4.78 is 10.3. The highest BCUT2D eigenvalue weighted by molar-refractivity contribution is 7.87. The molecule has 0 saturated heterocycles. The zero-order valence-electron chi connectivity index (χ0n) is 5.42. The van der Waals surface area contributed by atoms with Crippen molar-refractivity contribution in [2.75, 3.05) is 20.4 Å². The van der Waals surface area contributed by atoms with E-state index in [0.717, 1.165) is 0 Å². The van der Waals surface area contributed by atoms with Gasteiger partial charge in [0.15, 0.2) is 0 Å². The Kier molecular flexibility index (Phi) is 3.52. The van der Waals surface area contributed by atoms with E-state index in [9.17, 15) is 4.21 Å². The van der Waals surface area contributed by atoms with Crippen molar-refractivity contribution in [3.05, 3.63) is 11.6 Å². The van der Waals surface area contributed by atoms with Crippen LogP contribution in [0.25, 0.3) is 0 Å². The highest BCUT2D eigenvalue weighted by Gasteiger charge is 1.77. The molecule has 0 N–H and O–H groups in total. The van der Waals surface area contributed by atoms with Crippen LogP contribution in [0.2, 0.25) is 0 Å². The quantitative estimate of drug-likeness (QED) is 0.543. The second-order valence-electron chi connectivity index (χ2n) is 1.75. The Morgan fingerprint density at radius 3 is 2.12 bits per heavy atom. The highest BCUT2D eigenvalue weighted by Crippen LogP contribution is 1.79. The summed E-state index contributed by atoms with van der Waals surface area (Å²) in [7, 11) is 2.98. The maximum Gasteiger partial charge on any atom is 0.0439 e. The molecule has 0 spiro atoms. The molecule has 0 aromatic carbocycles. The fourth-order valence-electron chi connectivity index (χ4n) is 0.207. The summed E-state index contributed by atoms with van der Waals surface area (Å²) in [6.07, 6.45) is 3.41. The molecule has 0 aliphatic carbocycles. The van der Waals surface area contributed by atoms with Crippen LogP contribution in [0.4, 0.5) is 0 Å². The number of hydrogen-bond acceptors (Lipinski definition) is 2. The monoisotopic (exact) mass is 133 g/mol. The number of rotatable bonds is 2. The van der Waals surface area contributed by atoms with E-state index in [-0.39, 0.29) is 0 Å². The van der Waals surface area contributed by atoms with E-state index in [1.54, 1.807) is 17.9 Å². The smallest absolute Gasteiger partial charge is 0.0439 e. The van der Waals surface area contributed by atoms with Crippen molar-refractivity contribution < 1.29 is 4.21 Å². The van der Waals surface area contributed by atoms with Crippen molar-refractivity contribution >= 4 is 10.8 Å². The Labute approximate surface area is 52.6 Å². The second-order valence-corrected chi connectivity index (χ2v) is 3.02. The molecule has 8 heavy (non-hydrogen) atoms. The standard InChI is InChI=1S/C5H11NOS/c1-6(2)4-5-8(3)7/h4-5H,1-3H3/b5-4+. The van der Waals surface area contributed by atoms with Gasteiger partial charge in [-0.1, -0.05) is 0 Å². The summed E-state index contributed by atoms with van der Waals surface area (Å²) in [5.41, 5.74) is 0. The minimum atomic E-state index is -0.808.